The maximum atomic E-state index is 12.2. The molecule has 1 aromatic rings. The van der Waals surface area contributed by atoms with E-state index in [4.69, 9.17) is 5.73 Å². The average molecular weight is 382 g/mol. The molecule has 1 atom stereocenters. The maximum absolute atomic E-state index is 12.2. The third kappa shape index (κ3) is 4.32. The normalized spacial score (nSPS) is 17.3. The number of halogens is 1. The molecule has 0 unspecified atom stereocenters. The predicted molar refractivity (Wildman–Crippen MR) is 93.6 cm³/mol. The van der Waals surface area contributed by atoms with E-state index in [1.54, 1.807) is 0 Å². The molecule has 0 bridgehead atoms. The van der Waals surface area contributed by atoms with Crippen molar-refractivity contribution in [3.05, 3.63) is 34.3 Å². The van der Waals surface area contributed by atoms with Gasteiger partial charge in [-0.3, -0.25) is 9.59 Å². The zero-order valence-electron chi connectivity index (χ0n) is 13.6. The number of benzene rings is 1. The minimum Gasteiger partial charge on any atom is -0.346 e. The Balaban J connectivity index is 1.93. The van der Waals surface area contributed by atoms with Gasteiger partial charge in [0.15, 0.2) is 0 Å². The molecule has 2 amide bonds. The summed E-state index contributed by atoms with van der Waals surface area (Å²) in [6.07, 6.45) is 2.92. The van der Waals surface area contributed by atoms with Crippen LogP contribution in [0.15, 0.2) is 28.7 Å². The summed E-state index contributed by atoms with van der Waals surface area (Å²) in [7, 11) is 0. The molecule has 6 heteroatoms. The van der Waals surface area contributed by atoms with Crippen molar-refractivity contribution in [2.45, 2.75) is 44.7 Å². The van der Waals surface area contributed by atoms with Crippen molar-refractivity contribution in [2.75, 3.05) is 6.54 Å². The molecule has 0 radical (unpaired) electrons. The van der Waals surface area contributed by atoms with E-state index in [-0.39, 0.29) is 29.8 Å². The van der Waals surface area contributed by atoms with E-state index in [1.807, 2.05) is 38.1 Å². The lowest BCUT2D eigenvalue weighted by molar-refractivity contribution is -0.128. The Bertz CT molecular complexity index is 568. The molecule has 4 N–H and O–H groups in total. The first-order valence-corrected chi connectivity index (χ1v) is 8.74. The molecule has 1 aliphatic rings. The number of carbonyl (C=O) groups is 2. The lowest BCUT2D eigenvalue weighted by Crippen LogP contribution is -2.54. The van der Waals surface area contributed by atoms with Crippen LogP contribution in [0.4, 0.5) is 0 Å². The van der Waals surface area contributed by atoms with E-state index in [9.17, 15) is 9.59 Å². The van der Waals surface area contributed by atoms with Crippen molar-refractivity contribution < 1.29 is 9.59 Å². The van der Waals surface area contributed by atoms with Crippen molar-refractivity contribution in [1.29, 1.82) is 0 Å². The van der Waals surface area contributed by atoms with E-state index in [1.165, 1.54) is 0 Å². The second-order valence-electron chi connectivity index (χ2n) is 6.48. The van der Waals surface area contributed by atoms with E-state index in [2.05, 4.69) is 26.6 Å². The topological polar surface area (TPSA) is 84.2 Å². The van der Waals surface area contributed by atoms with E-state index >= 15 is 0 Å². The molecule has 1 saturated carbocycles. The number of hydrogen-bond acceptors (Lipinski definition) is 3. The zero-order valence-corrected chi connectivity index (χ0v) is 15.2. The molecule has 0 aromatic heterocycles. The highest BCUT2D eigenvalue weighted by atomic mass is 79.9. The molecule has 23 heavy (non-hydrogen) atoms. The number of rotatable bonds is 6. The number of amides is 2. The van der Waals surface area contributed by atoms with E-state index < -0.39 is 6.04 Å². The van der Waals surface area contributed by atoms with Gasteiger partial charge in [0.25, 0.3) is 0 Å². The fourth-order valence-electron chi connectivity index (χ4n) is 2.68. The summed E-state index contributed by atoms with van der Waals surface area (Å²) in [5.74, 6) is -0.433. The van der Waals surface area contributed by atoms with Crippen LogP contribution in [0.5, 0.6) is 0 Å². The number of carbonyl (C=O) groups excluding carboxylic acids is 2. The van der Waals surface area contributed by atoms with Gasteiger partial charge in [-0.25, -0.2) is 0 Å². The number of nitrogens with two attached hydrogens (primary N) is 1. The zero-order chi connectivity index (χ0) is 17.0. The van der Waals surface area contributed by atoms with Gasteiger partial charge < -0.3 is 16.4 Å². The fourth-order valence-corrected chi connectivity index (χ4v) is 2.95. The first-order valence-electron chi connectivity index (χ1n) is 7.94. The molecule has 126 valence electrons. The number of hydrogen-bond donors (Lipinski definition) is 3. The molecule has 0 aliphatic heterocycles. The monoisotopic (exact) mass is 381 g/mol. The van der Waals surface area contributed by atoms with Gasteiger partial charge in [-0.2, -0.15) is 0 Å². The van der Waals surface area contributed by atoms with Crippen LogP contribution in [0.3, 0.4) is 0 Å². The summed E-state index contributed by atoms with van der Waals surface area (Å²) in [5, 5.41) is 5.69. The molecule has 1 aromatic carbocycles. The van der Waals surface area contributed by atoms with Crippen molar-refractivity contribution >= 4 is 27.7 Å². The van der Waals surface area contributed by atoms with Crippen molar-refractivity contribution in [3.63, 3.8) is 0 Å². The highest BCUT2D eigenvalue weighted by Gasteiger charge is 2.39. The minimum atomic E-state index is -0.591. The Kier molecular flexibility index (Phi) is 5.81. The van der Waals surface area contributed by atoms with Crippen LogP contribution in [-0.2, 0) is 15.1 Å². The summed E-state index contributed by atoms with van der Waals surface area (Å²) < 4.78 is 1.01. The molecular weight excluding hydrogens is 358 g/mol. The van der Waals surface area contributed by atoms with Gasteiger partial charge >= 0.3 is 0 Å². The highest BCUT2D eigenvalue weighted by molar-refractivity contribution is 9.10. The molecule has 0 spiro atoms. The third-order valence-electron chi connectivity index (χ3n) is 4.43. The summed E-state index contributed by atoms with van der Waals surface area (Å²) in [6, 6.07) is 7.41. The van der Waals surface area contributed by atoms with Gasteiger partial charge in [0.1, 0.15) is 0 Å². The smallest absolute Gasteiger partial charge is 0.240 e. The van der Waals surface area contributed by atoms with Crippen LogP contribution in [0.2, 0.25) is 0 Å². The van der Waals surface area contributed by atoms with Crippen LogP contribution >= 0.6 is 15.9 Å². The lowest BCUT2D eigenvalue weighted by atomic mass is 9.72. The Morgan fingerprint density at radius 1 is 1.26 bits per heavy atom. The van der Waals surface area contributed by atoms with Crippen molar-refractivity contribution in [1.82, 2.24) is 10.6 Å². The van der Waals surface area contributed by atoms with Gasteiger partial charge in [0.2, 0.25) is 11.8 Å². The summed E-state index contributed by atoms with van der Waals surface area (Å²) in [4.78, 5) is 24.0. The molecule has 0 heterocycles. The summed E-state index contributed by atoms with van der Waals surface area (Å²) in [5.41, 5.74) is 6.57. The van der Waals surface area contributed by atoms with Gasteiger partial charge in [0.05, 0.1) is 18.1 Å². The van der Waals surface area contributed by atoms with Crippen molar-refractivity contribution in [2.24, 2.45) is 11.7 Å². The average Bonchev–Trinajstić information content (AvgIpc) is 2.48. The maximum Gasteiger partial charge on any atom is 0.240 e. The Morgan fingerprint density at radius 2 is 1.87 bits per heavy atom. The second-order valence-corrected chi connectivity index (χ2v) is 7.39. The Morgan fingerprint density at radius 3 is 2.35 bits per heavy atom. The number of nitrogens with one attached hydrogen (secondary N) is 2. The Hall–Kier alpha value is -1.40. The molecule has 5 nitrogen and oxygen atoms in total. The van der Waals surface area contributed by atoms with Crippen LogP contribution in [0.1, 0.15) is 38.7 Å². The quantitative estimate of drug-likeness (QED) is 0.704. The first-order chi connectivity index (χ1) is 10.8. The standard InChI is InChI=1S/C17H24BrN3O2/c1-11(2)15(19)16(23)20-10-14(22)21-17(8-3-9-17)12-4-6-13(18)7-5-12/h4-7,11,15H,3,8-10,19H2,1-2H3,(H,20,23)(H,21,22)/t15-/m0/s1. The van der Waals surface area contributed by atoms with Crippen LogP contribution in [0, 0.1) is 5.92 Å². The molecule has 1 fully saturated rings. The fraction of sp³-hybridized carbons (Fsp3) is 0.529. The second kappa shape index (κ2) is 7.45. The molecule has 1 aliphatic carbocycles. The largest absolute Gasteiger partial charge is 0.346 e. The van der Waals surface area contributed by atoms with Gasteiger partial charge in [-0.15, -0.1) is 0 Å². The minimum absolute atomic E-state index is 0.0406. The van der Waals surface area contributed by atoms with Crippen LogP contribution in [0.25, 0.3) is 0 Å². The molecule has 0 saturated heterocycles. The first kappa shape index (κ1) is 17.9. The SMILES string of the molecule is CC(C)[C@H](N)C(=O)NCC(=O)NC1(c2ccc(Br)cc2)CCC1. The van der Waals surface area contributed by atoms with E-state index in [0.29, 0.717) is 0 Å². The van der Waals surface area contributed by atoms with Gasteiger partial charge in [0, 0.05) is 4.47 Å². The van der Waals surface area contributed by atoms with Gasteiger partial charge in [-0.1, -0.05) is 41.9 Å². The van der Waals surface area contributed by atoms with Crippen molar-refractivity contribution in [3.8, 4) is 0 Å². The van der Waals surface area contributed by atoms with Crippen LogP contribution < -0.4 is 16.4 Å². The third-order valence-corrected chi connectivity index (χ3v) is 4.96. The predicted octanol–water partition coefficient (Wildman–Crippen LogP) is 2.04. The molecule has 2 rings (SSSR count). The Labute approximate surface area is 145 Å². The lowest BCUT2D eigenvalue weighted by Gasteiger charge is -2.43. The molecular formula is C17H24BrN3O2. The summed E-state index contributed by atoms with van der Waals surface area (Å²) >= 11 is 3.42. The highest BCUT2D eigenvalue weighted by Crippen LogP contribution is 2.41. The van der Waals surface area contributed by atoms with Crippen LogP contribution in [-0.4, -0.2) is 24.4 Å². The summed E-state index contributed by atoms with van der Waals surface area (Å²) in [6.45, 7) is 3.71. The van der Waals surface area contributed by atoms with E-state index in [0.717, 1.165) is 29.3 Å². The van der Waals surface area contributed by atoms with Gasteiger partial charge in [-0.05, 0) is 42.9 Å².